The van der Waals surface area contributed by atoms with E-state index < -0.39 is 0 Å². The molecule has 0 radical (unpaired) electrons. The minimum absolute atomic E-state index is 0.397. The smallest absolute Gasteiger partial charge is 0.0471 e. The first kappa shape index (κ1) is 14.9. The molecule has 1 heterocycles. The van der Waals surface area contributed by atoms with Crippen LogP contribution >= 0.6 is 11.8 Å². The maximum atomic E-state index is 6.01. The number of hydrogen-bond acceptors (Lipinski definition) is 3. The lowest BCUT2D eigenvalue weighted by atomic mass is 9.99. The van der Waals surface area contributed by atoms with Crippen LogP contribution in [-0.2, 0) is 6.42 Å². The molecule has 0 aliphatic carbocycles. The Morgan fingerprint density at radius 2 is 1.79 bits per heavy atom. The van der Waals surface area contributed by atoms with Crippen molar-refractivity contribution in [3.05, 3.63) is 35.4 Å². The van der Waals surface area contributed by atoms with Crippen LogP contribution in [0.25, 0.3) is 0 Å². The van der Waals surface area contributed by atoms with Crippen molar-refractivity contribution < 1.29 is 0 Å². The highest BCUT2D eigenvalue weighted by molar-refractivity contribution is 7.99. The summed E-state index contributed by atoms with van der Waals surface area (Å²) in [5.74, 6) is 3.19. The van der Waals surface area contributed by atoms with Crippen molar-refractivity contribution in [2.75, 3.05) is 31.1 Å². The second kappa shape index (κ2) is 7.32. The number of hydrogen-bond donors (Lipinski definition) is 1. The molecule has 1 unspecified atom stereocenters. The lowest BCUT2D eigenvalue weighted by Gasteiger charge is -2.34. The summed E-state index contributed by atoms with van der Waals surface area (Å²) in [6, 6.07) is 9.50. The number of nitrogens with two attached hydrogens (primary N) is 1. The van der Waals surface area contributed by atoms with Gasteiger partial charge in [-0.15, -0.1) is 0 Å². The number of nitrogens with zero attached hydrogens (tertiary/aromatic N) is 1. The Morgan fingerprint density at radius 1 is 1.16 bits per heavy atom. The predicted molar refractivity (Wildman–Crippen MR) is 85.7 cm³/mol. The van der Waals surface area contributed by atoms with E-state index in [0.29, 0.717) is 12.6 Å². The average molecular weight is 278 g/mol. The van der Waals surface area contributed by atoms with Crippen molar-refractivity contribution >= 4 is 11.8 Å². The fourth-order valence-electron chi connectivity index (χ4n) is 2.73. The molecule has 1 atom stereocenters. The number of benzene rings is 1. The molecule has 2 rings (SSSR count). The van der Waals surface area contributed by atoms with E-state index in [4.69, 9.17) is 5.73 Å². The Labute approximate surface area is 121 Å². The molecule has 19 heavy (non-hydrogen) atoms. The van der Waals surface area contributed by atoms with Gasteiger partial charge in [-0.05, 0) is 23.5 Å². The quantitative estimate of drug-likeness (QED) is 0.898. The van der Waals surface area contributed by atoms with Crippen LogP contribution in [0.5, 0.6) is 0 Å². The first-order valence-corrected chi connectivity index (χ1v) is 8.47. The van der Waals surface area contributed by atoms with Gasteiger partial charge in [-0.3, -0.25) is 4.90 Å². The summed E-state index contributed by atoms with van der Waals surface area (Å²) in [6.07, 6.45) is 1.16. The van der Waals surface area contributed by atoms with E-state index in [9.17, 15) is 0 Å². The van der Waals surface area contributed by atoms with Gasteiger partial charge in [-0.1, -0.05) is 38.1 Å². The fraction of sp³-hybridized carbons (Fsp3) is 0.625. The molecule has 0 saturated carbocycles. The fourth-order valence-corrected chi connectivity index (χ4v) is 3.66. The van der Waals surface area contributed by atoms with Crippen molar-refractivity contribution in [2.24, 2.45) is 11.7 Å². The van der Waals surface area contributed by atoms with Crippen LogP contribution in [0.2, 0.25) is 0 Å². The zero-order chi connectivity index (χ0) is 13.7. The number of rotatable bonds is 5. The van der Waals surface area contributed by atoms with E-state index in [-0.39, 0.29) is 0 Å². The average Bonchev–Trinajstić information content (AvgIpc) is 2.42. The second-order valence-electron chi connectivity index (χ2n) is 5.74. The van der Waals surface area contributed by atoms with Crippen LogP contribution < -0.4 is 5.73 Å². The SMILES string of the molecule is CC(C)Cc1ccc(C(CN)N2CCSCC2)cc1. The predicted octanol–water partition coefficient (Wildman–Crippen LogP) is 2.93. The van der Waals surface area contributed by atoms with E-state index in [0.717, 1.165) is 12.3 Å². The molecular weight excluding hydrogens is 252 g/mol. The maximum absolute atomic E-state index is 6.01. The molecular formula is C16H26N2S. The summed E-state index contributed by atoms with van der Waals surface area (Å²) in [6.45, 7) is 7.58. The first-order valence-electron chi connectivity index (χ1n) is 7.31. The molecule has 0 spiro atoms. The molecule has 1 aromatic carbocycles. The highest BCUT2D eigenvalue weighted by Crippen LogP contribution is 2.24. The molecule has 0 aromatic heterocycles. The van der Waals surface area contributed by atoms with Gasteiger partial charge in [0.2, 0.25) is 0 Å². The molecule has 1 saturated heterocycles. The molecule has 1 fully saturated rings. The van der Waals surface area contributed by atoms with E-state index in [1.165, 1.54) is 35.7 Å². The summed E-state index contributed by atoms with van der Waals surface area (Å²) in [5.41, 5.74) is 8.82. The third-order valence-electron chi connectivity index (χ3n) is 3.72. The first-order chi connectivity index (χ1) is 9.20. The van der Waals surface area contributed by atoms with E-state index in [2.05, 4.69) is 43.0 Å². The van der Waals surface area contributed by atoms with Crippen molar-refractivity contribution in [3.8, 4) is 0 Å². The Bertz CT molecular complexity index is 369. The highest BCUT2D eigenvalue weighted by atomic mass is 32.2. The third kappa shape index (κ3) is 4.23. The topological polar surface area (TPSA) is 29.3 Å². The summed E-state index contributed by atoms with van der Waals surface area (Å²) in [4.78, 5) is 2.54. The van der Waals surface area contributed by atoms with Gasteiger partial charge in [0.05, 0.1) is 0 Å². The van der Waals surface area contributed by atoms with E-state index in [1.807, 2.05) is 11.8 Å². The number of thioether (sulfide) groups is 1. The van der Waals surface area contributed by atoms with Gasteiger partial charge in [0.25, 0.3) is 0 Å². The Kier molecular flexibility index (Phi) is 5.74. The lowest BCUT2D eigenvalue weighted by molar-refractivity contribution is 0.223. The van der Waals surface area contributed by atoms with Crippen LogP contribution in [0.1, 0.15) is 31.0 Å². The largest absolute Gasteiger partial charge is 0.329 e. The molecule has 0 bridgehead atoms. The zero-order valence-corrected chi connectivity index (χ0v) is 13.0. The van der Waals surface area contributed by atoms with Crippen LogP contribution in [-0.4, -0.2) is 36.0 Å². The Hall–Kier alpha value is -0.510. The van der Waals surface area contributed by atoms with Gasteiger partial charge < -0.3 is 5.73 Å². The van der Waals surface area contributed by atoms with Crippen LogP contribution in [0.15, 0.2) is 24.3 Å². The summed E-state index contributed by atoms with van der Waals surface area (Å²) in [5, 5.41) is 0. The van der Waals surface area contributed by atoms with Gasteiger partial charge >= 0.3 is 0 Å². The van der Waals surface area contributed by atoms with Gasteiger partial charge in [0, 0.05) is 37.2 Å². The Morgan fingerprint density at radius 3 is 2.32 bits per heavy atom. The monoisotopic (exact) mass is 278 g/mol. The van der Waals surface area contributed by atoms with Crippen molar-refractivity contribution in [3.63, 3.8) is 0 Å². The minimum atomic E-state index is 0.397. The molecule has 2 N–H and O–H groups in total. The van der Waals surface area contributed by atoms with Crippen LogP contribution in [0.4, 0.5) is 0 Å². The van der Waals surface area contributed by atoms with Gasteiger partial charge in [-0.2, -0.15) is 11.8 Å². The Balaban J connectivity index is 2.05. The molecule has 106 valence electrons. The van der Waals surface area contributed by atoms with Crippen molar-refractivity contribution in [1.82, 2.24) is 4.90 Å². The lowest BCUT2D eigenvalue weighted by Crippen LogP contribution is -2.39. The minimum Gasteiger partial charge on any atom is -0.329 e. The van der Waals surface area contributed by atoms with Crippen LogP contribution in [0, 0.1) is 5.92 Å². The molecule has 1 aromatic rings. The van der Waals surface area contributed by atoms with E-state index in [1.54, 1.807) is 0 Å². The summed E-state index contributed by atoms with van der Waals surface area (Å²) >= 11 is 2.05. The standard InChI is InChI=1S/C16H26N2S/c1-13(2)11-14-3-5-15(6-4-14)16(12-17)18-7-9-19-10-8-18/h3-6,13,16H,7-12,17H2,1-2H3. The third-order valence-corrected chi connectivity index (χ3v) is 4.66. The van der Waals surface area contributed by atoms with Gasteiger partial charge in [-0.25, -0.2) is 0 Å². The summed E-state index contributed by atoms with van der Waals surface area (Å²) < 4.78 is 0. The maximum Gasteiger partial charge on any atom is 0.0471 e. The molecule has 3 heteroatoms. The van der Waals surface area contributed by atoms with Gasteiger partial charge in [0.15, 0.2) is 0 Å². The van der Waals surface area contributed by atoms with Gasteiger partial charge in [0.1, 0.15) is 0 Å². The normalized spacial score (nSPS) is 18.7. The van der Waals surface area contributed by atoms with Crippen molar-refractivity contribution in [1.29, 1.82) is 0 Å². The second-order valence-corrected chi connectivity index (χ2v) is 6.96. The highest BCUT2D eigenvalue weighted by Gasteiger charge is 2.20. The summed E-state index contributed by atoms with van der Waals surface area (Å²) in [7, 11) is 0. The zero-order valence-electron chi connectivity index (χ0n) is 12.1. The van der Waals surface area contributed by atoms with Crippen molar-refractivity contribution in [2.45, 2.75) is 26.3 Å². The van der Waals surface area contributed by atoms with Crippen LogP contribution in [0.3, 0.4) is 0 Å². The molecule has 0 amide bonds. The van der Waals surface area contributed by atoms with E-state index >= 15 is 0 Å². The molecule has 1 aliphatic heterocycles. The molecule has 1 aliphatic rings. The molecule has 2 nitrogen and oxygen atoms in total.